The SMILES string of the molecule is Cc1ccccc1C(=O)N1CCN(c2nc(Nc3ccc(C(=O)NS(=O)(=O)C4(CN(C)C)CC4)cc3)nc(OCC(F)(F)F)n2)CC1. The number of aryl methyl sites for hydroxylation is 1. The lowest BCUT2D eigenvalue weighted by Crippen LogP contribution is -2.49. The number of carbonyl (C=O) groups excluding carboxylic acids is 2. The molecule has 13 nitrogen and oxygen atoms in total. The van der Waals surface area contributed by atoms with Crippen LogP contribution in [0.15, 0.2) is 48.5 Å². The average molecular weight is 677 g/mol. The van der Waals surface area contributed by atoms with Crippen LogP contribution in [-0.4, -0.2) is 109 Å². The fourth-order valence-electron chi connectivity index (χ4n) is 5.20. The summed E-state index contributed by atoms with van der Waals surface area (Å²) >= 11 is 0. The van der Waals surface area contributed by atoms with Gasteiger partial charge in [-0.15, -0.1) is 0 Å². The van der Waals surface area contributed by atoms with E-state index in [1.54, 1.807) is 40.9 Å². The molecule has 2 aromatic carbocycles. The summed E-state index contributed by atoms with van der Waals surface area (Å²) in [5, 5.41) is 2.88. The number of carbonyl (C=O) groups is 2. The van der Waals surface area contributed by atoms with Crippen molar-refractivity contribution >= 4 is 39.4 Å². The first-order valence-corrected chi connectivity index (χ1v) is 16.3. The van der Waals surface area contributed by atoms with Gasteiger partial charge in [-0.1, -0.05) is 18.2 Å². The van der Waals surface area contributed by atoms with E-state index in [0.29, 0.717) is 56.8 Å². The first-order valence-electron chi connectivity index (χ1n) is 14.8. The van der Waals surface area contributed by atoms with Gasteiger partial charge < -0.3 is 24.8 Å². The number of sulfonamides is 1. The lowest BCUT2D eigenvalue weighted by molar-refractivity contribution is -0.154. The van der Waals surface area contributed by atoms with Crippen LogP contribution in [-0.2, 0) is 10.0 Å². The molecule has 1 aliphatic heterocycles. The van der Waals surface area contributed by atoms with E-state index in [4.69, 9.17) is 4.74 Å². The smallest absolute Gasteiger partial charge is 0.422 e. The Morgan fingerprint density at radius 1 is 0.979 bits per heavy atom. The minimum Gasteiger partial charge on any atom is -0.454 e. The van der Waals surface area contributed by atoms with Gasteiger partial charge in [-0.3, -0.25) is 9.59 Å². The molecule has 1 saturated carbocycles. The summed E-state index contributed by atoms with van der Waals surface area (Å²) in [5.74, 6) is -0.975. The van der Waals surface area contributed by atoms with Crippen molar-refractivity contribution in [1.29, 1.82) is 0 Å². The highest BCUT2D eigenvalue weighted by Crippen LogP contribution is 2.43. The van der Waals surface area contributed by atoms with Gasteiger partial charge in [0.15, 0.2) is 6.61 Å². The summed E-state index contributed by atoms with van der Waals surface area (Å²) in [6.45, 7) is 1.81. The molecule has 3 aromatic rings. The number of aromatic nitrogens is 3. The topological polar surface area (TPSA) is 150 Å². The lowest BCUT2D eigenvalue weighted by Gasteiger charge is -2.35. The van der Waals surface area contributed by atoms with E-state index in [1.807, 2.05) is 19.1 Å². The monoisotopic (exact) mass is 676 g/mol. The Hall–Kier alpha value is -4.51. The molecule has 17 heteroatoms. The third-order valence-corrected chi connectivity index (χ3v) is 9.94. The van der Waals surface area contributed by atoms with Gasteiger partial charge in [-0.05, 0) is 69.8 Å². The van der Waals surface area contributed by atoms with Crippen LogP contribution >= 0.6 is 0 Å². The van der Waals surface area contributed by atoms with E-state index < -0.39 is 39.5 Å². The number of nitrogens with one attached hydrogen (secondary N) is 2. The maximum absolute atomic E-state index is 13.0. The summed E-state index contributed by atoms with van der Waals surface area (Å²) in [4.78, 5) is 43.4. The second-order valence-corrected chi connectivity index (χ2v) is 13.9. The summed E-state index contributed by atoms with van der Waals surface area (Å²) in [6, 6.07) is 12.4. The van der Waals surface area contributed by atoms with E-state index in [2.05, 4.69) is 25.0 Å². The summed E-state index contributed by atoms with van der Waals surface area (Å²) in [5.41, 5.74) is 1.90. The molecule has 0 radical (unpaired) electrons. The molecule has 2 amide bonds. The maximum atomic E-state index is 13.0. The fourth-order valence-corrected chi connectivity index (χ4v) is 6.84. The number of alkyl halides is 3. The molecule has 0 spiro atoms. The van der Waals surface area contributed by atoms with Gasteiger partial charge >= 0.3 is 12.2 Å². The van der Waals surface area contributed by atoms with Crippen LogP contribution in [0, 0.1) is 6.92 Å². The predicted molar refractivity (Wildman–Crippen MR) is 167 cm³/mol. The Labute approximate surface area is 270 Å². The minimum atomic E-state index is -4.63. The van der Waals surface area contributed by atoms with Gasteiger partial charge in [-0.25, -0.2) is 13.1 Å². The molecule has 2 heterocycles. The van der Waals surface area contributed by atoms with Crippen LogP contribution in [0.5, 0.6) is 6.01 Å². The van der Waals surface area contributed by atoms with E-state index in [-0.39, 0.29) is 23.4 Å². The largest absolute Gasteiger partial charge is 0.454 e. The Morgan fingerprint density at radius 2 is 1.64 bits per heavy atom. The number of halogens is 3. The standard InChI is InChI=1S/C30H35F3N8O5S/c1-20-6-4-5-7-23(20)25(43)40-14-16-41(17-15-40)27-35-26(36-28(37-27)46-19-30(31,32)33)34-22-10-8-21(9-11-22)24(42)38-47(44,45)29(12-13-29)18-39(2)3/h4-11H,12-19H2,1-3H3,(H,38,42)(H,34,35,36,37). The van der Waals surface area contributed by atoms with Gasteiger partial charge in [0.1, 0.15) is 4.75 Å². The molecule has 5 rings (SSSR count). The number of amides is 2. The normalized spacial score (nSPS) is 16.1. The van der Waals surface area contributed by atoms with Crippen LogP contribution in [0.4, 0.5) is 30.8 Å². The van der Waals surface area contributed by atoms with Crippen molar-refractivity contribution in [2.75, 3.05) is 63.6 Å². The van der Waals surface area contributed by atoms with Gasteiger partial charge in [0.25, 0.3) is 11.8 Å². The molecule has 2 N–H and O–H groups in total. The van der Waals surface area contributed by atoms with E-state index in [0.717, 1.165) is 5.56 Å². The molecular weight excluding hydrogens is 641 g/mol. The molecule has 2 aliphatic rings. The third-order valence-electron chi connectivity index (χ3n) is 7.81. The molecule has 0 unspecified atom stereocenters. The van der Waals surface area contributed by atoms with Crippen LogP contribution in [0.25, 0.3) is 0 Å². The second kappa shape index (κ2) is 13.3. The third kappa shape index (κ3) is 8.26. The van der Waals surface area contributed by atoms with Crippen molar-refractivity contribution in [2.45, 2.75) is 30.7 Å². The Morgan fingerprint density at radius 3 is 2.23 bits per heavy atom. The quantitative estimate of drug-likeness (QED) is 0.309. The van der Waals surface area contributed by atoms with E-state index in [1.165, 1.54) is 24.3 Å². The number of hydrogen-bond donors (Lipinski definition) is 2. The first-order chi connectivity index (χ1) is 22.1. The van der Waals surface area contributed by atoms with E-state index >= 15 is 0 Å². The molecule has 252 valence electrons. The van der Waals surface area contributed by atoms with E-state index in [9.17, 15) is 31.2 Å². The van der Waals surface area contributed by atoms with Crippen LogP contribution < -0.4 is 19.7 Å². The molecule has 0 atom stereocenters. The number of anilines is 3. The second-order valence-electron chi connectivity index (χ2n) is 11.8. The summed E-state index contributed by atoms with van der Waals surface area (Å²) in [6.07, 6.45) is -3.71. The lowest BCUT2D eigenvalue weighted by atomic mass is 10.1. The van der Waals surface area contributed by atoms with Crippen molar-refractivity contribution < 1.29 is 35.9 Å². The number of benzene rings is 2. The van der Waals surface area contributed by atoms with Gasteiger partial charge in [0, 0.05) is 49.5 Å². The number of nitrogens with zero attached hydrogens (tertiary/aromatic N) is 6. The average Bonchev–Trinajstić information content (AvgIpc) is 3.80. The number of piperazine rings is 1. The molecule has 47 heavy (non-hydrogen) atoms. The number of ether oxygens (including phenoxy) is 1. The molecule has 1 aromatic heterocycles. The Balaban J connectivity index is 1.28. The zero-order chi connectivity index (χ0) is 34.0. The zero-order valence-corrected chi connectivity index (χ0v) is 26.9. The highest BCUT2D eigenvalue weighted by molar-refractivity contribution is 7.91. The van der Waals surface area contributed by atoms with Crippen molar-refractivity contribution in [3.63, 3.8) is 0 Å². The van der Waals surface area contributed by atoms with Crippen molar-refractivity contribution in [2.24, 2.45) is 0 Å². The molecule has 0 bridgehead atoms. The highest BCUT2D eigenvalue weighted by atomic mass is 32.2. The zero-order valence-electron chi connectivity index (χ0n) is 26.0. The highest BCUT2D eigenvalue weighted by Gasteiger charge is 2.55. The van der Waals surface area contributed by atoms with Crippen molar-refractivity contribution in [1.82, 2.24) is 29.5 Å². The maximum Gasteiger partial charge on any atom is 0.422 e. The van der Waals surface area contributed by atoms with Crippen LogP contribution in [0.1, 0.15) is 39.1 Å². The summed E-state index contributed by atoms with van der Waals surface area (Å²) < 4.78 is 70.5. The Bertz CT molecular complexity index is 1730. The minimum absolute atomic E-state index is 0.0515. The van der Waals surface area contributed by atoms with Crippen LogP contribution in [0.3, 0.4) is 0 Å². The first kappa shape index (κ1) is 33.8. The molecule has 2 fully saturated rings. The molecular formula is C30H35F3N8O5S. The van der Waals surface area contributed by atoms with Crippen molar-refractivity contribution in [3.8, 4) is 6.01 Å². The number of rotatable bonds is 11. The number of hydrogen-bond acceptors (Lipinski definition) is 11. The van der Waals surface area contributed by atoms with Gasteiger partial charge in [0.2, 0.25) is 21.9 Å². The summed E-state index contributed by atoms with van der Waals surface area (Å²) in [7, 11) is -0.387. The van der Waals surface area contributed by atoms with Gasteiger partial charge in [0.05, 0.1) is 0 Å². The molecule has 1 aliphatic carbocycles. The predicted octanol–water partition coefficient (Wildman–Crippen LogP) is 2.98. The Kier molecular flexibility index (Phi) is 9.58. The van der Waals surface area contributed by atoms with Crippen LogP contribution in [0.2, 0.25) is 0 Å². The van der Waals surface area contributed by atoms with Gasteiger partial charge in [-0.2, -0.15) is 28.1 Å². The van der Waals surface area contributed by atoms with Crippen molar-refractivity contribution in [3.05, 3.63) is 65.2 Å². The molecule has 1 saturated heterocycles. The fraction of sp³-hybridized carbons (Fsp3) is 0.433.